The second-order valence-corrected chi connectivity index (χ2v) is 15.9. The first-order valence-corrected chi connectivity index (χ1v) is 21.5. The van der Waals surface area contributed by atoms with E-state index in [2.05, 4.69) is 192 Å². The summed E-state index contributed by atoms with van der Waals surface area (Å²) in [4.78, 5) is 14.0. The molecule has 0 unspecified atom stereocenters. The smallest absolute Gasteiger partial charge is 0.0780 e. The highest BCUT2D eigenvalue weighted by Gasteiger charge is 2.13. The number of nitrogens with zero attached hydrogens (tertiary/aromatic N) is 3. The molecule has 62 heavy (non-hydrogen) atoms. The highest BCUT2D eigenvalue weighted by molar-refractivity contribution is 5.97. The topological polar surface area (TPSA) is 38.7 Å². The molecule has 0 amide bonds. The van der Waals surface area contributed by atoms with Crippen molar-refractivity contribution in [1.82, 2.24) is 15.0 Å². The van der Waals surface area contributed by atoms with Gasteiger partial charge in [-0.3, -0.25) is 15.0 Å². The molecule has 3 heteroatoms. The van der Waals surface area contributed by atoms with Crippen LogP contribution in [0, 0.1) is 0 Å². The van der Waals surface area contributed by atoms with Crippen molar-refractivity contribution in [2.24, 2.45) is 0 Å². The third-order valence-corrected chi connectivity index (χ3v) is 11.9. The van der Waals surface area contributed by atoms with Crippen LogP contribution < -0.4 is 0 Å². The third-order valence-electron chi connectivity index (χ3n) is 11.9. The largest absolute Gasteiger partial charge is 0.256 e. The maximum atomic E-state index is 4.88. The van der Waals surface area contributed by atoms with Crippen LogP contribution in [0.5, 0.6) is 0 Å². The summed E-state index contributed by atoms with van der Waals surface area (Å²) in [5.41, 5.74) is 19.0. The van der Waals surface area contributed by atoms with E-state index in [9.17, 15) is 0 Å². The SMILES string of the molecule is c1ccc(-c2ccc3c(-c4ccc(-c5ccccc5-c5cc(CCc6ccc(-c7ccccn7)cc6)cc(CCc6ccc(-c7ccccn7)cc6)c5)cc4)nccc3c2)cc1. The van der Waals surface area contributed by atoms with Crippen LogP contribution in [0.3, 0.4) is 0 Å². The van der Waals surface area contributed by atoms with E-state index in [4.69, 9.17) is 4.98 Å². The monoisotopic (exact) mass is 795 g/mol. The van der Waals surface area contributed by atoms with Crippen LogP contribution in [0.15, 0.2) is 225 Å². The van der Waals surface area contributed by atoms with Gasteiger partial charge in [-0.05, 0) is 123 Å². The summed E-state index contributed by atoms with van der Waals surface area (Å²) in [6.07, 6.45) is 9.44. The first-order valence-electron chi connectivity index (χ1n) is 21.5. The van der Waals surface area contributed by atoms with Gasteiger partial charge in [0.1, 0.15) is 0 Å². The van der Waals surface area contributed by atoms with E-state index in [1.54, 1.807) is 0 Å². The molecule has 7 aromatic carbocycles. The molecule has 10 rings (SSSR count). The first-order chi connectivity index (χ1) is 30.7. The Bertz CT molecular complexity index is 2960. The van der Waals surface area contributed by atoms with Gasteiger partial charge in [0.25, 0.3) is 0 Å². The Morgan fingerprint density at radius 2 is 0.774 bits per heavy atom. The van der Waals surface area contributed by atoms with Gasteiger partial charge in [-0.2, -0.15) is 0 Å². The Hall–Kier alpha value is -7.75. The number of fused-ring (bicyclic) bond motifs is 1. The van der Waals surface area contributed by atoms with Crippen molar-refractivity contribution in [3.63, 3.8) is 0 Å². The average molecular weight is 796 g/mol. The molecule has 296 valence electrons. The van der Waals surface area contributed by atoms with Crippen LogP contribution in [-0.4, -0.2) is 15.0 Å². The van der Waals surface area contributed by atoms with Crippen molar-refractivity contribution < 1.29 is 0 Å². The zero-order valence-electron chi connectivity index (χ0n) is 34.5. The van der Waals surface area contributed by atoms with Gasteiger partial charge >= 0.3 is 0 Å². The fourth-order valence-electron chi connectivity index (χ4n) is 8.55. The van der Waals surface area contributed by atoms with Gasteiger partial charge in [-0.1, -0.05) is 170 Å². The average Bonchev–Trinajstić information content (AvgIpc) is 3.36. The van der Waals surface area contributed by atoms with Gasteiger partial charge in [0.15, 0.2) is 0 Å². The molecule has 3 aromatic heterocycles. The number of hydrogen-bond acceptors (Lipinski definition) is 3. The lowest BCUT2D eigenvalue weighted by atomic mass is 9.89. The Morgan fingerprint density at radius 3 is 1.35 bits per heavy atom. The summed E-state index contributed by atoms with van der Waals surface area (Å²) in [6.45, 7) is 0. The minimum Gasteiger partial charge on any atom is -0.256 e. The number of aromatic nitrogens is 3. The molecule has 0 saturated heterocycles. The highest BCUT2D eigenvalue weighted by atomic mass is 14.7. The predicted molar refractivity (Wildman–Crippen MR) is 258 cm³/mol. The van der Waals surface area contributed by atoms with E-state index in [-0.39, 0.29) is 0 Å². The molecule has 0 fully saturated rings. The van der Waals surface area contributed by atoms with E-state index in [0.717, 1.165) is 64.8 Å². The fourth-order valence-corrected chi connectivity index (χ4v) is 8.55. The number of aryl methyl sites for hydroxylation is 4. The maximum absolute atomic E-state index is 4.88. The van der Waals surface area contributed by atoms with Crippen LogP contribution in [-0.2, 0) is 25.7 Å². The summed E-state index contributed by atoms with van der Waals surface area (Å²) in [6, 6.07) is 74.2. The molecule has 0 aliphatic carbocycles. The van der Waals surface area contributed by atoms with Gasteiger partial charge in [0.05, 0.1) is 17.1 Å². The van der Waals surface area contributed by atoms with E-state index in [0.29, 0.717) is 0 Å². The molecule has 0 spiro atoms. The van der Waals surface area contributed by atoms with E-state index < -0.39 is 0 Å². The standard InChI is InChI=1S/C59H45N3/c1-2-10-46(11-3-1)51-32-33-56-52(41-51)34-37-62-59(56)50-30-28-47(29-31-50)54-12-4-5-13-55(54)53-39-44(18-16-42-20-24-48(25-21-42)57-14-6-8-35-60-57)38-45(40-53)19-17-43-22-26-49(27-23-43)58-15-7-9-36-61-58/h1-15,20-41H,16-19H2. The summed E-state index contributed by atoms with van der Waals surface area (Å²) < 4.78 is 0. The number of rotatable bonds is 12. The van der Waals surface area contributed by atoms with Crippen molar-refractivity contribution in [2.75, 3.05) is 0 Å². The molecule has 0 N–H and O–H groups in total. The normalized spacial score (nSPS) is 11.2. The fraction of sp³-hybridized carbons (Fsp3) is 0.0678. The second-order valence-electron chi connectivity index (χ2n) is 15.9. The molecule has 0 aliphatic rings. The summed E-state index contributed by atoms with van der Waals surface area (Å²) in [5.74, 6) is 0. The number of hydrogen-bond donors (Lipinski definition) is 0. The lowest BCUT2D eigenvalue weighted by Gasteiger charge is -2.15. The van der Waals surface area contributed by atoms with Crippen LogP contribution in [0.2, 0.25) is 0 Å². The summed E-state index contributed by atoms with van der Waals surface area (Å²) in [5, 5.41) is 2.34. The lowest BCUT2D eigenvalue weighted by Crippen LogP contribution is -1.98. The molecule has 3 nitrogen and oxygen atoms in total. The Labute approximate surface area is 364 Å². The van der Waals surface area contributed by atoms with Gasteiger partial charge in [0, 0.05) is 40.7 Å². The van der Waals surface area contributed by atoms with Crippen LogP contribution in [0.4, 0.5) is 0 Å². The minimum atomic E-state index is 0.949. The van der Waals surface area contributed by atoms with E-state index in [1.807, 2.05) is 42.9 Å². The zero-order valence-corrected chi connectivity index (χ0v) is 34.5. The molecule has 0 radical (unpaired) electrons. The van der Waals surface area contributed by atoms with Gasteiger partial charge in [0.2, 0.25) is 0 Å². The van der Waals surface area contributed by atoms with Crippen molar-refractivity contribution in [3.8, 4) is 67.2 Å². The molecular formula is C59H45N3. The molecule has 10 aromatic rings. The first kappa shape index (κ1) is 38.5. The molecule has 0 bridgehead atoms. The molecule has 3 heterocycles. The van der Waals surface area contributed by atoms with Crippen LogP contribution >= 0.6 is 0 Å². The van der Waals surface area contributed by atoms with Gasteiger partial charge in [-0.25, -0.2) is 0 Å². The van der Waals surface area contributed by atoms with Crippen molar-refractivity contribution in [3.05, 3.63) is 247 Å². The zero-order chi connectivity index (χ0) is 41.5. The maximum Gasteiger partial charge on any atom is 0.0780 e. The summed E-state index contributed by atoms with van der Waals surface area (Å²) >= 11 is 0. The summed E-state index contributed by atoms with van der Waals surface area (Å²) in [7, 11) is 0. The van der Waals surface area contributed by atoms with Gasteiger partial charge in [-0.15, -0.1) is 0 Å². The quantitative estimate of drug-likeness (QED) is 0.124. The van der Waals surface area contributed by atoms with Crippen molar-refractivity contribution in [1.29, 1.82) is 0 Å². The molecular weight excluding hydrogens is 751 g/mol. The Morgan fingerprint density at radius 1 is 0.274 bits per heavy atom. The lowest BCUT2D eigenvalue weighted by molar-refractivity contribution is 0.931. The Kier molecular flexibility index (Phi) is 11.1. The molecule has 0 atom stereocenters. The second kappa shape index (κ2) is 17.8. The van der Waals surface area contributed by atoms with Crippen molar-refractivity contribution >= 4 is 10.8 Å². The van der Waals surface area contributed by atoms with Gasteiger partial charge < -0.3 is 0 Å². The third kappa shape index (κ3) is 8.61. The minimum absolute atomic E-state index is 0.949. The van der Waals surface area contributed by atoms with E-state index >= 15 is 0 Å². The number of pyridine rings is 3. The number of benzene rings is 7. The molecule has 0 aliphatic heterocycles. The van der Waals surface area contributed by atoms with E-state index in [1.165, 1.54) is 61.0 Å². The van der Waals surface area contributed by atoms with Crippen LogP contribution in [0.1, 0.15) is 22.3 Å². The molecule has 0 saturated carbocycles. The predicted octanol–water partition coefficient (Wildman–Crippen LogP) is 14.6. The van der Waals surface area contributed by atoms with Crippen LogP contribution in [0.25, 0.3) is 77.9 Å². The van der Waals surface area contributed by atoms with Crippen molar-refractivity contribution in [2.45, 2.75) is 25.7 Å². The Balaban J connectivity index is 0.938. The highest BCUT2D eigenvalue weighted by Crippen LogP contribution is 2.36.